The van der Waals surface area contributed by atoms with E-state index in [1.54, 1.807) is 30.1 Å². The standard InChI is InChI=1S/C30H33ClF2N6O4/c1-18-21(5-6-25(27(18)33)43-17-32)24-16-35-28(37(24)2)29(41)36-20-3-4-22(23(31)14-20)30(42)39-11-9-38(10-12-39)26(40)13-19-7-8-34-15-19/h3-6,14,16,19,34H,7-13,15,17H2,1-2H3,(H,36,41)/t19-/m0/s1. The minimum atomic E-state index is -1.15. The van der Waals surface area contributed by atoms with E-state index in [0.717, 1.165) is 19.5 Å². The summed E-state index contributed by atoms with van der Waals surface area (Å²) in [6.07, 6.45) is 2.99. The number of benzene rings is 2. The molecule has 43 heavy (non-hydrogen) atoms. The zero-order chi connectivity index (χ0) is 30.7. The Morgan fingerprint density at radius 3 is 2.56 bits per heavy atom. The van der Waals surface area contributed by atoms with E-state index >= 15 is 0 Å². The quantitative estimate of drug-likeness (QED) is 0.397. The smallest absolute Gasteiger partial charge is 0.291 e. The lowest BCUT2D eigenvalue weighted by Gasteiger charge is -2.35. The number of piperazine rings is 1. The van der Waals surface area contributed by atoms with Crippen molar-refractivity contribution < 1.29 is 27.9 Å². The molecule has 0 saturated carbocycles. The molecule has 0 spiro atoms. The van der Waals surface area contributed by atoms with Crippen molar-refractivity contribution in [2.24, 2.45) is 13.0 Å². The SMILES string of the molecule is Cc1c(-c2cnc(C(=O)Nc3ccc(C(=O)N4CCN(C(=O)C[C@@H]5CCNC5)CC4)c(Cl)c3)n2C)ccc(OCF)c1F. The van der Waals surface area contributed by atoms with E-state index in [-0.39, 0.29) is 34.0 Å². The molecule has 0 unspecified atom stereocenters. The number of hydrogen-bond donors (Lipinski definition) is 2. The molecule has 3 heterocycles. The van der Waals surface area contributed by atoms with Gasteiger partial charge in [0, 0.05) is 50.9 Å². The van der Waals surface area contributed by atoms with Crippen LogP contribution >= 0.6 is 11.6 Å². The third-order valence-corrected chi connectivity index (χ3v) is 8.34. The maximum absolute atomic E-state index is 14.6. The van der Waals surface area contributed by atoms with E-state index in [1.165, 1.54) is 29.8 Å². The molecule has 2 aliphatic heterocycles. The first kappa shape index (κ1) is 30.4. The number of amides is 3. The Balaban J connectivity index is 1.21. The predicted octanol–water partition coefficient (Wildman–Crippen LogP) is 4.03. The highest BCUT2D eigenvalue weighted by atomic mass is 35.5. The lowest BCUT2D eigenvalue weighted by molar-refractivity contribution is -0.133. The molecule has 3 amide bonds. The van der Waals surface area contributed by atoms with E-state index in [0.29, 0.717) is 61.0 Å². The molecular weight excluding hydrogens is 582 g/mol. The summed E-state index contributed by atoms with van der Waals surface area (Å²) in [6, 6.07) is 7.53. The van der Waals surface area contributed by atoms with Crippen LogP contribution in [0.3, 0.4) is 0 Å². The molecule has 5 rings (SSSR count). The molecule has 13 heteroatoms. The van der Waals surface area contributed by atoms with Crippen LogP contribution in [0.5, 0.6) is 5.75 Å². The molecule has 1 aromatic heterocycles. The minimum Gasteiger partial charge on any atom is -0.460 e. The van der Waals surface area contributed by atoms with Crippen molar-refractivity contribution in [1.82, 2.24) is 24.7 Å². The highest BCUT2D eigenvalue weighted by Gasteiger charge is 2.28. The van der Waals surface area contributed by atoms with Crippen LogP contribution in [0.4, 0.5) is 14.5 Å². The second kappa shape index (κ2) is 13.1. The number of nitrogens with one attached hydrogen (secondary N) is 2. The highest BCUT2D eigenvalue weighted by Crippen LogP contribution is 2.31. The fraction of sp³-hybridized carbons (Fsp3) is 0.400. The maximum atomic E-state index is 14.6. The van der Waals surface area contributed by atoms with Gasteiger partial charge in [0.05, 0.1) is 22.5 Å². The van der Waals surface area contributed by atoms with Crippen molar-refractivity contribution in [3.8, 4) is 17.0 Å². The maximum Gasteiger partial charge on any atom is 0.291 e. The van der Waals surface area contributed by atoms with Gasteiger partial charge in [-0.25, -0.2) is 13.8 Å². The second-order valence-corrected chi connectivity index (χ2v) is 11.1. The monoisotopic (exact) mass is 614 g/mol. The average molecular weight is 615 g/mol. The number of anilines is 1. The van der Waals surface area contributed by atoms with E-state index in [2.05, 4.69) is 20.4 Å². The van der Waals surface area contributed by atoms with E-state index < -0.39 is 18.6 Å². The molecule has 228 valence electrons. The Hall–Kier alpha value is -4.03. The molecule has 10 nitrogen and oxygen atoms in total. The summed E-state index contributed by atoms with van der Waals surface area (Å²) in [7, 11) is 1.62. The van der Waals surface area contributed by atoms with Gasteiger partial charge in [-0.2, -0.15) is 0 Å². The number of nitrogens with zero attached hydrogens (tertiary/aromatic N) is 4. The Labute approximate surface area is 252 Å². The van der Waals surface area contributed by atoms with Crippen molar-refractivity contribution in [2.45, 2.75) is 19.8 Å². The van der Waals surface area contributed by atoms with Crippen LogP contribution < -0.4 is 15.4 Å². The number of carbonyl (C=O) groups excluding carboxylic acids is 3. The summed E-state index contributed by atoms with van der Waals surface area (Å²) >= 11 is 6.47. The molecule has 3 aromatic rings. The summed E-state index contributed by atoms with van der Waals surface area (Å²) in [6.45, 7) is 3.98. The van der Waals surface area contributed by atoms with Gasteiger partial charge in [-0.15, -0.1) is 0 Å². The number of imidazole rings is 1. The third kappa shape index (κ3) is 6.50. The van der Waals surface area contributed by atoms with Crippen molar-refractivity contribution in [3.63, 3.8) is 0 Å². The minimum absolute atomic E-state index is 0.0618. The van der Waals surface area contributed by atoms with Crippen molar-refractivity contribution in [1.29, 1.82) is 0 Å². The van der Waals surface area contributed by atoms with Gasteiger partial charge in [0.2, 0.25) is 12.8 Å². The van der Waals surface area contributed by atoms with Crippen LogP contribution in [0.25, 0.3) is 11.3 Å². The molecule has 0 radical (unpaired) electrons. The number of alkyl halides is 1. The molecule has 0 aliphatic carbocycles. The summed E-state index contributed by atoms with van der Waals surface area (Å²) in [5.74, 6) is -1.11. The summed E-state index contributed by atoms with van der Waals surface area (Å²) in [5, 5.41) is 6.19. The topological polar surface area (TPSA) is 109 Å². The Kier molecular flexibility index (Phi) is 9.26. The molecule has 2 fully saturated rings. The molecule has 1 atom stereocenters. The average Bonchev–Trinajstić information content (AvgIpc) is 3.65. The first-order valence-corrected chi connectivity index (χ1v) is 14.4. The summed E-state index contributed by atoms with van der Waals surface area (Å²) in [5.41, 5.74) is 1.84. The number of hydrogen-bond acceptors (Lipinski definition) is 6. The number of halogens is 3. The Morgan fingerprint density at radius 1 is 1.14 bits per heavy atom. The number of aromatic nitrogens is 2. The number of rotatable bonds is 8. The largest absolute Gasteiger partial charge is 0.460 e. The first-order chi connectivity index (χ1) is 20.7. The van der Waals surface area contributed by atoms with Gasteiger partial charge in [0.15, 0.2) is 17.4 Å². The second-order valence-electron chi connectivity index (χ2n) is 10.7. The Morgan fingerprint density at radius 2 is 1.88 bits per heavy atom. The first-order valence-electron chi connectivity index (χ1n) is 14.1. The van der Waals surface area contributed by atoms with Crippen LogP contribution in [0.2, 0.25) is 5.02 Å². The number of ether oxygens (including phenoxy) is 1. The van der Waals surface area contributed by atoms with Crippen molar-refractivity contribution in [2.75, 3.05) is 51.4 Å². The highest BCUT2D eigenvalue weighted by molar-refractivity contribution is 6.34. The lowest BCUT2D eigenvalue weighted by Crippen LogP contribution is -2.51. The molecule has 2 saturated heterocycles. The molecular formula is C30H33ClF2N6O4. The zero-order valence-corrected chi connectivity index (χ0v) is 24.7. The van der Waals surface area contributed by atoms with Crippen LogP contribution in [-0.2, 0) is 11.8 Å². The fourth-order valence-corrected chi connectivity index (χ4v) is 5.79. The third-order valence-electron chi connectivity index (χ3n) is 8.03. The van der Waals surface area contributed by atoms with E-state index in [4.69, 9.17) is 11.6 Å². The van der Waals surface area contributed by atoms with Gasteiger partial charge < -0.3 is 29.7 Å². The van der Waals surface area contributed by atoms with Crippen LogP contribution in [0.1, 0.15) is 39.4 Å². The molecule has 2 aromatic carbocycles. The van der Waals surface area contributed by atoms with Gasteiger partial charge in [-0.3, -0.25) is 14.4 Å². The lowest BCUT2D eigenvalue weighted by atomic mass is 10.0. The summed E-state index contributed by atoms with van der Waals surface area (Å²) in [4.78, 5) is 46.6. The van der Waals surface area contributed by atoms with Crippen LogP contribution in [0, 0.1) is 18.7 Å². The van der Waals surface area contributed by atoms with Gasteiger partial charge in [0.25, 0.3) is 11.8 Å². The van der Waals surface area contributed by atoms with E-state index in [1.807, 2.05) is 4.90 Å². The molecule has 2 N–H and O–H groups in total. The zero-order valence-electron chi connectivity index (χ0n) is 24.0. The van der Waals surface area contributed by atoms with Crippen LogP contribution in [-0.4, -0.2) is 83.2 Å². The Bertz CT molecular complexity index is 1530. The van der Waals surface area contributed by atoms with Gasteiger partial charge in [0.1, 0.15) is 0 Å². The van der Waals surface area contributed by atoms with Gasteiger partial charge >= 0.3 is 0 Å². The summed E-state index contributed by atoms with van der Waals surface area (Å²) < 4.78 is 33.3. The van der Waals surface area contributed by atoms with Gasteiger partial charge in [-0.05, 0) is 68.2 Å². The van der Waals surface area contributed by atoms with Crippen molar-refractivity contribution >= 4 is 35.0 Å². The molecule has 0 bridgehead atoms. The van der Waals surface area contributed by atoms with Crippen LogP contribution in [0.15, 0.2) is 36.5 Å². The van der Waals surface area contributed by atoms with Crippen molar-refractivity contribution in [3.05, 3.63) is 64.3 Å². The number of carbonyl (C=O) groups is 3. The normalized spacial score (nSPS) is 16.8. The van der Waals surface area contributed by atoms with E-state index in [9.17, 15) is 23.2 Å². The fourth-order valence-electron chi connectivity index (χ4n) is 5.53. The predicted molar refractivity (Wildman–Crippen MR) is 157 cm³/mol. The van der Waals surface area contributed by atoms with Gasteiger partial charge in [-0.1, -0.05) is 11.6 Å². The molecule has 2 aliphatic rings.